The molecule has 0 bridgehead atoms. The van der Waals surface area contributed by atoms with Crippen LogP contribution in [0, 0.1) is 5.92 Å². The fourth-order valence-electron chi connectivity index (χ4n) is 1.78. The van der Waals surface area contributed by atoms with Gasteiger partial charge in [-0.1, -0.05) is 0 Å². The Labute approximate surface area is 95.2 Å². The first kappa shape index (κ1) is 11.1. The second-order valence-corrected chi connectivity index (χ2v) is 3.92. The standard InChI is InChI=1S/C11H17N3O2/c1-15-10-5-11(14-8-13-10)16-7-9-3-2-4-12-6-9/h5,8-9,12H,2-4,6-7H2,1H3. The smallest absolute Gasteiger partial charge is 0.220 e. The highest BCUT2D eigenvalue weighted by Gasteiger charge is 2.13. The highest BCUT2D eigenvalue weighted by molar-refractivity contribution is 5.17. The molecule has 0 aliphatic carbocycles. The average molecular weight is 223 g/mol. The van der Waals surface area contributed by atoms with Gasteiger partial charge in [0.15, 0.2) is 0 Å². The molecule has 1 unspecified atom stereocenters. The van der Waals surface area contributed by atoms with Crippen LogP contribution in [-0.2, 0) is 0 Å². The Kier molecular flexibility index (Phi) is 3.93. The third-order valence-corrected chi connectivity index (χ3v) is 2.69. The van der Waals surface area contributed by atoms with Crippen LogP contribution in [0.1, 0.15) is 12.8 Å². The quantitative estimate of drug-likeness (QED) is 0.820. The lowest BCUT2D eigenvalue weighted by Gasteiger charge is -2.22. The number of nitrogens with zero attached hydrogens (tertiary/aromatic N) is 2. The largest absolute Gasteiger partial charge is 0.481 e. The van der Waals surface area contributed by atoms with Crippen LogP contribution < -0.4 is 14.8 Å². The van der Waals surface area contributed by atoms with Gasteiger partial charge in [0, 0.05) is 12.5 Å². The van der Waals surface area contributed by atoms with Crippen LogP contribution in [0.3, 0.4) is 0 Å². The van der Waals surface area contributed by atoms with Crippen molar-refractivity contribution in [3.05, 3.63) is 12.4 Å². The molecule has 1 aromatic heterocycles. The predicted octanol–water partition coefficient (Wildman–Crippen LogP) is 0.864. The van der Waals surface area contributed by atoms with Crippen molar-refractivity contribution in [1.82, 2.24) is 15.3 Å². The number of ether oxygens (including phenoxy) is 2. The van der Waals surface area contributed by atoms with Gasteiger partial charge in [-0.25, -0.2) is 9.97 Å². The number of aromatic nitrogens is 2. The SMILES string of the molecule is COc1cc(OCC2CCCNC2)ncn1. The van der Waals surface area contributed by atoms with E-state index in [1.807, 2.05) is 0 Å². The minimum absolute atomic E-state index is 0.534. The normalized spacial score (nSPS) is 20.4. The Morgan fingerprint density at radius 1 is 1.44 bits per heavy atom. The minimum Gasteiger partial charge on any atom is -0.481 e. The molecule has 5 heteroatoms. The van der Waals surface area contributed by atoms with Gasteiger partial charge in [-0.3, -0.25) is 0 Å². The predicted molar refractivity (Wildman–Crippen MR) is 59.7 cm³/mol. The second kappa shape index (κ2) is 5.65. The molecule has 1 aliphatic heterocycles. The molecule has 1 aliphatic rings. The van der Waals surface area contributed by atoms with Crippen molar-refractivity contribution in [2.45, 2.75) is 12.8 Å². The zero-order chi connectivity index (χ0) is 11.2. The topological polar surface area (TPSA) is 56.3 Å². The summed E-state index contributed by atoms with van der Waals surface area (Å²) in [5.74, 6) is 1.69. The van der Waals surface area contributed by atoms with Gasteiger partial charge in [0.1, 0.15) is 6.33 Å². The van der Waals surface area contributed by atoms with Crippen LogP contribution in [0.25, 0.3) is 0 Å². The van der Waals surface area contributed by atoms with E-state index >= 15 is 0 Å². The Morgan fingerprint density at radius 2 is 2.31 bits per heavy atom. The number of nitrogens with one attached hydrogen (secondary N) is 1. The van der Waals surface area contributed by atoms with Crippen molar-refractivity contribution in [2.24, 2.45) is 5.92 Å². The Balaban J connectivity index is 1.83. The molecule has 0 radical (unpaired) electrons. The van der Waals surface area contributed by atoms with Gasteiger partial charge in [-0.15, -0.1) is 0 Å². The number of hydrogen-bond acceptors (Lipinski definition) is 5. The van der Waals surface area contributed by atoms with E-state index in [2.05, 4.69) is 15.3 Å². The van der Waals surface area contributed by atoms with E-state index in [-0.39, 0.29) is 0 Å². The first-order valence-electron chi connectivity index (χ1n) is 5.58. The van der Waals surface area contributed by atoms with E-state index in [1.54, 1.807) is 13.2 Å². The van der Waals surface area contributed by atoms with Gasteiger partial charge in [0.2, 0.25) is 11.8 Å². The van der Waals surface area contributed by atoms with Gasteiger partial charge < -0.3 is 14.8 Å². The summed E-state index contributed by atoms with van der Waals surface area (Å²) in [6.45, 7) is 2.85. The summed E-state index contributed by atoms with van der Waals surface area (Å²) in [6.07, 6.45) is 3.89. The van der Waals surface area contributed by atoms with E-state index in [4.69, 9.17) is 9.47 Å². The molecular weight excluding hydrogens is 206 g/mol. The molecule has 1 fully saturated rings. The first-order valence-corrected chi connectivity index (χ1v) is 5.58. The van der Waals surface area contributed by atoms with E-state index < -0.39 is 0 Å². The third-order valence-electron chi connectivity index (χ3n) is 2.69. The molecule has 5 nitrogen and oxygen atoms in total. The first-order chi connectivity index (χ1) is 7.88. The maximum atomic E-state index is 5.62. The zero-order valence-corrected chi connectivity index (χ0v) is 9.48. The molecule has 1 atom stereocenters. The van der Waals surface area contributed by atoms with Gasteiger partial charge in [0.05, 0.1) is 19.8 Å². The number of rotatable bonds is 4. The van der Waals surface area contributed by atoms with Gasteiger partial charge in [0.25, 0.3) is 0 Å². The van der Waals surface area contributed by atoms with Crippen molar-refractivity contribution >= 4 is 0 Å². The van der Waals surface area contributed by atoms with Crippen molar-refractivity contribution in [3.63, 3.8) is 0 Å². The molecule has 16 heavy (non-hydrogen) atoms. The number of piperidine rings is 1. The Morgan fingerprint density at radius 3 is 3.06 bits per heavy atom. The Hall–Kier alpha value is -1.36. The molecule has 2 rings (SSSR count). The summed E-state index contributed by atoms with van der Waals surface area (Å²) in [6, 6.07) is 1.70. The van der Waals surface area contributed by atoms with Crippen LogP contribution in [0.15, 0.2) is 12.4 Å². The van der Waals surface area contributed by atoms with Gasteiger partial charge >= 0.3 is 0 Å². The van der Waals surface area contributed by atoms with E-state index in [1.165, 1.54) is 19.2 Å². The number of hydrogen-bond donors (Lipinski definition) is 1. The lowest BCUT2D eigenvalue weighted by Crippen LogP contribution is -2.33. The fourth-order valence-corrected chi connectivity index (χ4v) is 1.78. The second-order valence-electron chi connectivity index (χ2n) is 3.92. The van der Waals surface area contributed by atoms with Crippen molar-refractivity contribution in [3.8, 4) is 11.8 Å². The average Bonchev–Trinajstić information content (AvgIpc) is 2.38. The summed E-state index contributed by atoms with van der Waals surface area (Å²) in [4.78, 5) is 7.96. The molecule has 1 aromatic rings. The van der Waals surface area contributed by atoms with Crippen molar-refractivity contribution < 1.29 is 9.47 Å². The molecule has 88 valence electrons. The lowest BCUT2D eigenvalue weighted by atomic mass is 10.0. The van der Waals surface area contributed by atoms with Crippen LogP contribution in [-0.4, -0.2) is 36.8 Å². The maximum Gasteiger partial charge on any atom is 0.220 e. The van der Waals surface area contributed by atoms with Crippen molar-refractivity contribution in [2.75, 3.05) is 26.8 Å². The van der Waals surface area contributed by atoms with Crippen LogP contribution >= 0.6 is 0 Å². The van der Waals surface area contributed by atoms with Crippen LogP contribution in [0.5, 0.6) is 11.8 Å². The molecule has 0 amide bonds. The molecule has 0 spiro atoms. The summed E-state index contributed by atoms with van der Waals surface area (Å²) >= 11 is 0. The third kappa shape index (κ3) is 3.06. The summed E-state index contributed by atoms with van der Waals surface area (Å²) in [7, 11) is 1.58. The molecule has 1 N–H and O–H groups in total. The monoisotopic (exact) mass is 223 g/mol. The van der Waals surface area contributed by atoms with E-state index in [9.17, 15) is 0 Å². The summed E-state index contributed by atoms with van der Waals surface area (Å²) < 4.78 is 10.6. The van der Waals surface area contributed by atoms with Gasteiger partial charge in [-0.2, -0.15) is 0 Å². The lowest BCUT2D eigenvalue weighted by molar-refractivity contribution is 0.211. The maximum absolute atomic E-state index is 5.62. The van der Waals surface area contributed by atoms with Crippen LogP contribution in [0.4, 0.5) is 0 Å². The molecular formula is C11H17N3O2. The Bertz CT molecular complexity index is 327. The molecule has 0 saturated carbocycles. The highest BCUT2D eigenvalue weighted by atomic mass is 16.5. The fraction of sp³-hybridized carbons (Fsp3) is 0.636. The van der Waals surface area contributed by atoms with Crippen molar-refractivity contribution in [1.29, 1.82) is 0 Å². The summed E-state index contributed by atoms with van der Waals surface area (Å²) in [5.41, 5.74) is 0. The minimum atomic E-state index is 0.534. The molecule has 2 heterocycles. The number of methoxy groups -OCH3 is 1. The highest BCUT2D eigenvalue weighted by Crippen LogP contribution is 2.15. The van der Waals surface area contributed by atoms with Gasteiger partial charge in [-0.05, 0) is 19.4 Å². The van der Waals surface area contributed by atoms with Crippen LogP contribution in [0.2, 0.25) is 0 Å². The van der Waals surface area contributed by atoms with E-state index in [0.717, 1.165) is 13.1 Å². The molecule has 0 aromatic carbocycles. The summed E-state index contributed by atoms with van der Waals surface area (Å²) in [5, 5.41) is 3.36. The zero-order valence-electron chi connectivity index (χ0n) is 9.48. The molecule has 1 saturated heterocycles. The van der Waals surface area contributed by atoms with E-state index in [0.29, 0.717) is 24.3 Å².